The van der Waals surface area contributed by atoms with Crippen LogP contribution in [0.3, 0.4) is 0 Å². The third-order valence-electron chi connectivity index (χ3n) is 3.70. The number of hydrogen-bond acceptors (Lipinski definition) is 5. The molecule has 1 N–H and O–H groups in total. The predicted octanol–water partition coefficient (Wildman–Crippen LogP) is 0.588. The van der Waals surface area contributed by atoms with Gasteiger partial charge in [-0.05, 0) is 54.7 Å². The second-order valence-electron chi connectivity index (χ2n) is 5.05. The van der Waals surface area contributed by atoms with E-state index in [2.05, 4.69) is 31.6 Å². The van der Waals surface area contributed by atoms with Crippen LogP contribution in [-0.4, -0.2) is 54.4 Å². The largest absolute Gasteiger partial charge is 0.320 e. The van der Waals surface area contributed by atoms with Gasteiger partial charge in [0.05, 0.1) is 0 Å². The highest BCUT2D eigenvalue weighted by Gasteiger charge is 2.33. The van der Waals surface area contributed by atoms with Gasteiger partial charge in [0.2, 0.25) is 5.03 Å². The Balaban J connectivity index is 2.06. The molecule has 9 heteroatoms. The number of aryl methyl sites for hydroxylation is 1. The lowest BCUT2D eigenvalue weighted by Gasteiger charge is -2.31. The van der Waals surface area contributed by atoms with Gasteiger partial charge in [-0.2, -0.15) is 4.31 Å². The normalized spacial score (nSPS) is 18.6. The van der Waals surface area contributed by atoms with Crippen LogP contribution >= 0.6 is 15.9 Å². The Morgan fingerprint density at radius 1 is 1.40 bits per heavy atom. The minimum atomic E-state index is -3.52. The summed E-state index contributed by atoms with van der Waals surface area (Å²) in [6, 6.07) is 0. The van der Waals surface area contributed by atoms with Gasteiger partial charge in [0.1, 0.15) is 0 Å². The van der Waals surface area contributed by atoms with Crippen LogP contribution in [0.15, 0.2) is 9.63 Å². The quantitative estimate of drug-likeness (QED) is 0.825. The maximum Gasteiger partial charge on any atom is 0.263 e. The zero-order valence-corrected chi connectivity index (χ0v) is 14.1. The van der Waals surface area contributed by atoms with Gasteiger partial charge in [-0.1, -0.05) is 5.21 Å². The Labute approximate surface area is 127 Å². The van der Waals surface area contributed by atoms with Crippen LogP contribution in [0.5, 0.6) is 0 Å². The summed E-state index contributed by atoms with van der Waals surface area (Å²) >= 11 is 3.16. The molecule has 1 saturated heterocycles. The molecule has 0 spiro atoms. The molecule has 0 bridgehead atoms. The Bertz CT molecular complexity index is 532. The predicted molar refractivity (Wildman–Crippen MR) is 78.7 cm³/mol. The maximum atomic E-state index is 12.6. The molecule has 1 aromatic heterocycles. The van der Waals surface area contributed by atoms with Crippen molar-refractivity contribution in [1.29, 1.82) is 0 Å². The molecular weight excluding hydrogens is 346 g/mol. The first-order chi connectivity index (χ1) is 9.46. The average molecular weight is 366 g/mol. The number of sulfonamides is 1. The van der Waals surface area contributed by atoms with Crippen molar-refractivity contribution in [1.82, 2.24) is 24.6 Å². The van der Waals surface area contributed by atoms with Crippen LogP contribution in [0.1, 0.15) is 19.3 Å². The second-order valence-corrected chi connectivity index (χ2v) is 7.65. The summed E-state index contributed by atoms with van der Waals surface area (Å²) in [6.45, 7) is 2.11. The second kappa shape index (κ2) is 6.50. The number of nitrogens with zero attached hydrogens (tertiary/aromatic N) is 4. The molecule has 0 aromatic carbocycles. The number of halogens is 1. The topological polar surface area (TPSA) is 80.1 Å². The highest BCUT2D eigenvalue weighted by Crippen LogP contribution is 2.27. The van der Waals surface area contributed by atoms with Crippen molar-refractivity contribution in [2.45, 2.75) is 24.3 Å². The molecular formula is C11H20BrN5O2S. The Kier molecular flexibility index (Phi) is 5.16. The molecule has 1 fully saturated rings. The van der Waals surface area contributed by atoms with Gasteiger partial charge in [-0.15, -0.1) is 5.10 Å². The summed E-state index contributed by atoms with van der Waals surface area (Å²) < 4.78 is 28.3. The van der Waals surface area contributed by atoms with Crippen LogP contribution in [0.4, 0.5) is 0 Å². The highest BCUT2D eigenvalue weighted by atomic mass is 79.9. The smallest absolute Gasteiger partial charge is 0.263 e. The van der Waals surface area contributed by atoms with Crippen LogP contribution < -0.4 is 5.32 Å². The molecule has 0 unspecified atom stereocenters. The summed E-state index contributed by atoms with van der Waals surface area (Å²) in [5.41, 5.74) is 0. The van der Waals surface area contributed by atoms with E-state index in [4.69, 9.17) is 0 Å². The first kappa shape index (κ1) is 15.9. The number of hydrogen-bond donors (Lipinski definition) is 1. The molecule has 1 aliphatic rings. The summed E-state index contributed by atoms with van der Waals surface area (Å²) in [5, 5.41) is 10.8. The van der Waals surface area contributed by atoms with E-state index in [0.717, 1.165) is 25.8 Å². The van der Waals surface area contributed by atoms with Crippen LogP contribution in [0, 0.1) is 5.92 Å². The number of piperidine rings is 1. The van der Waals surface area contributed by atoms with E-state index in [9.17, 15) is 8.42 Å². The monoisotopic (exact) mass is 365 g/mol. The van der Waals surface area contributed by atoms with Crippen molar-refractivity contribution >= 4 is 26.0 Å². The molecule has 0 aliphatic carbocycles. The van der Waals surface area contributed by atoms with Crippen molar-refractivity contribution in [2.24, 2.45) is 13.0 Å². The minimum Gasteiger partial charge on any atom is -0.320 e. The van der Waals surface area contributed by atoms with Crippen molar-refractivity contribution < 1.29 is 8.42 Å². The SMILES string of the molecule is CNCCC1CCN(S(=O)(=O)c2c(Br)nnn2C)CC1. The lowest BCUT2D eigenvalue weighted by Crippen LogP contribution is -2.39. The lowest BCUT2D eigenvalue weighted by atomic mass is 9.95. The zero-order chi connectivity index (χ0) is 14.8. The maximum absolute atomic E-state index is 12.6. The van der Waals surface area contributed by atoms with Crippen molar-refractivity contribution in [2.75, 3.05) is 26.7 Å². The highest BCUT2D eigenvalue weighted by molar-refractivity contribution is 9.10. The number of aromatic nitrogens is 3. The van der Waals surface area contributed by atoms with Gasteiger partial charge in [-0.25, -0.2) is 13.1 Å². The fourth-order valence-electron chi connectivity index (χ4n) is 2.51. The number of nitrogens with one attached hydrogen (secondary N) is 1. The van der Waals surface area contributed by atoms with Crippen molar-refractivity contribution in [3.05, 3.63) is 4.60 Å². The third-order valence-corrected chi connectivity index (χ3v) is 6.49. The molecule has 1 aromatic rings. The van der Waals surface area contributed by atoms with Gasteiger partial charge < -0.3 is 5.32 Å². The standard InChI is InChI=1S/C11H20BrN5O2S/c1-13-6-3-9-4-7-17(8-5-9)20(18,19)11-10(12)14-15-16(11)2/h9,13H,3-8H2,1-2H3. The molecule has 7 nitrogen and oxygen atoms in total. The lowest BCUT2D eigenvalue weighted by molar-refractivity contribution is 0.262. The Morgan fingerprint density at radius 2 is 2.05 bits per heavy atom. The van der Waals surface area contributed by atoms with Crippen LogP contribution in [0.25, 0.3) is 0 Å². The molecule has 114 valence electrons. The molecule has 0 amide bonds. The van der Waals surface area contributed by atoms with Gasteiger partial charge >= 0.3 is 0 Å². The van der Waals surface area contributed by atoms with E-state index in [-0.39, 0.29) is 9.63 Å². The third kappa shape index (κ3) is 3.21. The molecule has 0 saturated carbocycles. The number of rotatable bonds is 5. The van der Waals surface area contributed by atoms with E-state index < -0.39 is 10.0 Å². The summed E-state index contributed by atoms with van der Waals surface area (Å²) in [4.78, 5) is 0. The van der Waals surface area contributed by atoms with Gasteiger partial charge in [0.15, 0.2) is 4.60 Å². The van der Waals surface area contributed by atoms with E-state index in [0.29, 0.717) is 19.0 Å². The van der Waals surface area contributed by atoms with E-state index in [1.165, 1.54) is 8.99 Å². The molecule has 20 heavy (non-hydrogen) atoms. The summed E-state index contributed by atoms with van der Waals surface area (Å²) in [7, 11) is 0.00945. The molecule has 0 radical (unpaired) electrons. The first-order valence-corrected chi connectivity index (χ1v) is 8.90. The molecule has 2 heterocycles. The fraction of sp³-hybridized carbons (Fsp3) is 0.818. The van der Waals surface area contributed by atoms with E-state index >= 15 is 0 Å². The van der Waals surface area contributed by atoms with Crippen molar-refractivity contribution in [3.8, 4) is 0 Å². The van der Waals surface area contributed by atoms with E-state index in [1.807, 2.05) is 7.05 Å². The average Bonchev–Trinajstić information content (AvgIpc) is 2.77. The van der Waals surface area contributed by atoms with Gasteiger partial charge in [0.25, 0.3) is 10.0 Å². The van der Waals surface area contributed by atoms with Crippen LogP contribution in [0.2, 0.25) is 0 Å². The summed E-state index contributed by atoms with van der Waals surface area (Å²) in [5.74, 6) is 0.599. The first-order valence-electron chi connectivity index (χ1n) is 6.66. The zero-order valence-electron chi connectivity index (χ0n) is 11.7. The summed E-state index contributed by atoms with van der Waals surface area (Å²) in [6.07, 6.45) is 2.91. The van der Waals surface area contributed by atoms with Gasteiger partial charge in [-0.3, -0.25) is 0 Å². The fourth-order valence-corrected chi connectivity index (χ4v) is 5.01. The van der Waals surface area contributed by atoms with Gasteiger partial charge in [0, 0.05) is 20.1 Å². The van der Waals surface area contributed by atoms with E-state index in [1.54, 1.807) is 7.05 Å². The molecule has 2 rings (SSSR count). The van der Waals surface area contributed by atoms with Crippen molar-refractivity contribution in [3.63, 3.8) is 0 Å². The Hall–Kier alpha value is -0.510. The molecule has 1 aliphatic heterocycles. The minimum absolute atomic E-state index is 0.131. The molecule has 0 atom stereocenters. The van der Waals surface area contributed by atoms with Crippen LogP contribution in [-0.2, 0) is 17.1 Å². The Morgan fingerprint density at radius 3 is 2.55 bits per heavy atom.